The van der Waals surface area contributed by atoms with E-state index < -0.39 is 6.36 Å². The van der Waals surface area contributed by atoms with Crippen molar-refractivity contribution in [1.82, 2.24) is 0 Å². The minimum Gasteiger partial charge on any atom is -0.405 e. The van der Waals surface area contributed by atoms with Crippen molar-refractivity contribution in [2.45, 2.75) is 12.2 Å². The minimum absolute atomic E-state index is 0.135. The number of para-hydroxylation sites is 1. The molecule has 0 fully saturated rings. The van der Waals surface area contributed by atoms with E-state index in [9.17, 15) is 13.2 Å². The lowest BCUT2D eigenvalue weighted by atomic mass is 10.00. The third-order valence-electron chi connectivity index (χ3n) is 2.61. The summed E-state index contributed by atoms with van der Waals surface area (Å²) in [6.07, 6.45) is -4.75. The van der Waals surface area contributed by atoms with E-state index in [2.05, 4.69) is 4.74 Å². The molecule has 2 aromatic carbocycles. The summed E-state index contributed by atoms with van der Waals surface area (Å²) in [7, 11) is 0. The van der Waals surface area contributed by atoms with Gasteiger partial charge in [-0.25, -0.2) is 0 Å². The van der Waals surface area contributed by atoms with Crippen LogP contribution in [0.4, 0.5) is 13.2 Å². The van der Waals surface area contributed by atoms with Gasteiger partial charge in [0.25, 0.3) is 0 Å². The van der Waals surface area contributed by atoms with Crippen molar-refractivity contribution in [3.05, 3.63) is 53.1 Å². The number of halogens is 5. The molecule has 2 aromatic rings. The van der Waals surface area contributed by atoms with Gasteiger partial charge in [0, 0.05) is 16.5 Å². The second kappa shape index (κ2) is 5.94. The highest BCUT2D eigenvalue weighted by molar-refractivity contribution is 6.30. The maximum absolute atomic E-state index is 12.4. The number of rotatable bonds is 3. The fourth-order valence-electron chi connectivity index (χ4n) is 1.84. The van der Waals surface area contributed by atoms with E-state index >= 15 is 0 Å². The summed E-state index contributed by atoms with van der Waals surface area (Å²) < 4.78 is 41.3. The quantitative estimate of drug-likeness (QED) is 0.664. The molecule has 20 heavy (non-hydrogen) atoms. The van der Waals surface area contributed by atoms with Gasteiger partial charge in [-0.05, 0) is 29.3 Å². The summed E-state index contributed by atoms with van der Waals surface area (Å²) in [5.41, 5.74) is 1.51. The predicted octanol–water partition coefficient (Wildman–Crippen LogP) is 5.64. The third-order valence-corrected chi connectivity index (χ3v) is 3.14. The standard InChI is InChI=1S/C14H9Cl2F3O/c15-8-9-7-10(16)5-6-11(9)12-3-1-2-4-13(12)20-14(17,18)19/h1-7H,8H2. The average Bonchev–Trinajstić information content (AvgIpc) is 2.38. The highest BCUT2D eigenvalue weighted by Crippen LogP contribution is 2.36. The summed E-state index contributed by atoms with van der Waals surface area (Å²) in [5.74, 6) is -0.135. The third kappa shape index (κ3) is 3.58. The van der Waals surface area contributed by atoms with Crippen LogP contribution < -0.4 is 4.74 Å². The van der Waals surface area contributed by atoms with E-state index in [-0.39, 0.29) is 11.6 Å². The highest BCUT2D eigenvalue weighted by Gasteiger charge is 2.32. The normalized spacial score (nSPS) is 11.4. The van der Waals surface area contributed by atoms with Gasteiger partial charge in [-0.2, -0.15) is 0 Å². The smallest absolute Gasteiger partial charge is 0.405 e. The second-order valence-corrected chi connectivity index (χ2v) is 4.68. The maximum Gasteiger partial charge on any atom is 0.573 e. The van der Waals surface area contributed by atoms with E-state index in [1.54, 1.807) is 30.3 Å². The summed E-state index contributed by atoms with van der Waals surface area (Å²) in [4.78, 5) is 0. The van der Waals surface area contributed by atoms with Gasteiger partial charge in [0.2, 0.25) is 0 Å². The largest absolute Gasteiger partial charge is 0.573 e. The Morgan fingerprint density at radius 1 is 1.00 bits per heavy atom. The number of hydrogen-bond acceptors (Lipinski definition) is 1. The van der Waals surface area contributed by atoms with Gasteiger partial charge in [0.15, 0.2) is 0 Å². The first kappa shape index (κ1) is 15.0. The first-order valence-electron chi connectivity index (χ1n) is 5.60. The van der Waals surface area contributed by atoms with Crippen molar-refractivity contribution in [2.75, 3.05) is 0 Å². The molecule has 0 atom stereocenters. The molecular formula is C14H9Cl2F3O. The van der Waals surface area contributed by atoms with Crippen LogP contribution in [-0.4, -0.2) is 6.36 Å². The Labute approximate surface area is 123 Å². The lowest BCUT2D eigenvalue weighted by molar-refractivity contribution is -0.274. The van der Waals surface area contributed by atoms with Crippen molar-refractivity contribution < 1.29 is 17.9 Å². The number of ether oxygens (including phenoxy) is 1. The molecule has 0 aliphatic heterocycles. The van der Waals surface area contributed by atoms with E-state index in [0.717, 1.165) is 0 Å². The van der Waals surface area contributed by atoms with Gasteiger partial charge in [-0.15, -0.1) is 24.8 Å². The van der Waals surface area contributed by atoms with Crippen LogP contribution in [0.2, 0.25) is 5.02 Å². The van der Waals surface area contributed by atoms with Crippen LogP contribution in [0.15, 0.2) is 42.5 Å². The van der Waals surface area contributed by atoms with Crippen LogP contribution in [0.3, 0.4) is 0 Å². The van der Waals surface area contributed by atoms with E-state index in [1.165, 1.54) is 12.1 Å². The first-order chi connectivity index (χ1) is 9.40. The Kier molecular flexibility index (Phi) is 4.45. The Bertz CT molecular complexity index is 612. The fraction of sp³-hybridized carbons (Fsp3) is 0.143. The Morgan fingerprint density at radius 2 is 1.70 bits per heavy atom. The van der Waals surface area contributed by atoms with Gasteiger partial charge in [-0.3, -0.25) is 0 Å². The Balaban J connectivity index is 2.53. The van der Waals surface area contributed by atoms with Crippen molar-refractivity contribution in [2.24, 2.45) is 0 Å². The van der Waals surface area contributed by atoms with Crippen LogP contribution >= 0.6 is 23.2 Å². The lowest BCUT2D eigenvalue weighted by Gasteiger charge is -2.15. The van der Waals surface area contributed by atoms with Crippen molar-refractivity contribution in [3.8, 4) is 16.9 Å². The van der Waals surface area contributed by atoms with Gasteiger partial charge < -0.3 is 4.74 Å². The highest BCUT2D eigenvalue weighted by atomic mass is 35.5. The minimum atomic E-state index is -4.75. The monoisotopic (exact) mass is 320 g/mol. The van der Waals surface area contributed by atoms with E-state index in [1.807, 2.05) is 0 Å². The molecule has 106 valence electrons. The van der Waals surface area contributed by atoms with E-state index in [0.29, 0.717) is 21.7 Å². The molecular weight excluding hydrogens is 312 g/mol. The Morgan fingerprint density at radius 3 is 2.35 bits per heavy atom. The molecule has 0 saturated carbocycles. The molecule has 0 radical (unpaired) electrons. The van der Waals surface area contributed by atoms with Gasteiger partial charge in [-0.1, -0.05) is 35.9 Å². The Hall–Kier alpha value is -1.39. The molecule has 0 unspecified atom stereocenters. The molecule has 6 heteroatoms. The predicted molar refractivity (Wildman–Crippen MR) is 73.1 cm³/mol. The van der Waals surface area contributed by atoms with Crippen LogP contribution in [-0.2, 0) is 5.88 Å². The zero-order chi connectivity index (χ0) is 14.8. The lowest BCUT2D eigenvalue weighted by Crippen LogP contribution is -2.17. The molecule has 2 rings (SSSR count). The van der Waals surface area contributed by atoms with Crippen molar-refractivity contribution in [3.63, 3.8) is 0 Å². The molecule has 0 bridgehead atoms. The summed E-state index contributed by atoms with van der Waals surface area (Å²) in [6.45, 7) is 0. The SMILES string of the molecule is FC(F)(F)Oc1ccccc1-c1ccc(Cl)cc1CCl. The molecule has 0 aliphatic rings. The van der Waals surface area contributed by atoms with Crippen molar-refractivity contribution in [1.29, 1.82) is 0 Å². The van der Waals surface area contributed by atoms with Gasteiger partial charge in [0.05, 0.1) is 0 Å². The zero-order valence-electron chi connectivity index (χ0n) is 10.0. The number of alkyl halides is 4. The molecule has 0 amide bonds. The van der Waals surface area contributed by atoms with Gasteiger partial charge >= 0.3 is 6.36 Å². The first-order valence-corrected chi connectivity index (χ1v) is 6.51. The molecule has 0 saturated heterocycles. The molecule has 1 nitrogen and oxygen atoms in total. The maximum atomic E-state index is 12.4. The van der Waals surface area contributed by atoms with Crippen LogP contribution in [0.5, 0.6) is 5.75 Å². The van der Waals surface area contributed by atoms with Crippen LogP contribution in [0.1, 0.15) is 5.56 Å². The summed E-state index contributed by atoms with van der Waals surface area (Å²) >= 11 is 11.7. The topological polar surface area (TPSA) is 9.23 Å². The zero-order valence-corrected chi connectivity index (χ0v) is 11.6. The van der Waals surface area contributed by atoms with Crippen LogP contribution in [0, 0.1) is 0 Å². The number of benzene rings is 2. The summed E-state index contributed by atoms with van der Waals surface area (Å²) in [5, 5.41) is 0.471. The fourth-order valence-corrected chi connectivity index (χ4v) is 2.25. The van der Waals surface area contributed by atoms with Gasteiger partial charge in [0.1, 0.15) is 5.75 Å². The summed E-state index contributed by atoms with van der Waals surface area (Å²) in [6, 6.07) is 10.7. The molecule has 0 spiro atoms. The average molecular weight is 321 g/mol. The van der Waals surface area contributed by atoms with Crippen LogP contribution in [0.25, 0.3) is 11.1 Å². The molecule has 0 N–H and O–H groups in total. The molecule has 0 aliphatic carbocycles. The molecule has 0 aromatic heterocycles. The second-order valence-electron chi connectivity index (χ2n) is 3.98. The van der Waals surface area contributed by atoms with Crippen molar-refractivity contribution >= 4 is 23.2 Å². The van der Waals surface area contributed by atoms with E-state index in [4.69, 9.17) is 23.2 Å². The number of hydrogen-bond donors (Lipinski definition) is 0. The molecule has 0 heterocycles.